The van der Waals surface area contributed by atoms with Gasteiger partial charge in [0.25, 0.3) is 0 Å². The van der Waals surface area contributed by atoms with Gasteiger partial charge < -0.3 is 19.7 Å². The Hall–Kier alpha value is -1.89. The van der Waals surface area contributed by atoms with Crippen LogP contribution in [-0.4, -0.2) is 55.2 Å². The number of amides is 2. The predicted octanol–water partition coefficient (Wildman–Crippen LogP) is 1.67. The van der Waals surface area contributed by atoms with Crippen LogP contribution in [0.15, 0.2) is 18.2 Å². The molecule has 2 aliphatic rings. The number of nitrogens with zero attached hydrogens (tertiary/aromatic N) is 1. The maximum Gasteiger partial charge on any atom is 0.243 e. The molecule has 7 heteroatoms. The van der Waals surface area contributed by atoms with Gasteiger partial charge in [-0.1, -0.05) is 6.07 Å². The lowest BCUT2D eigenvalue weighted by atomic mass is 10.1. The van der Waals surface area contributed by atoms with Crippen molar-refractivity contribution in [1.29, 1.82) is 0 Å². The Bertz CT molecular complexity index is 648. The summed E-state index contributed by atoms with van der Waals surface area (Å²) in [6.07, 6.45) is 2.63. The van der Waals surface area contributed by atoms with Gasteiger partial charge in [-0.2, -0.15) is 0 Å². The molecule has 1 saturated heterocycles. The molecule has 1 heterocycles. The number of rotatable bonds is 7. The zero-order valence-electron chi connectivity index (χ0n) is 14.6. The minimum absolute atomic E-state index is 0.0560. The molecule has 0 bridgehead atoms. The van der Waals surface area contributed by atoms with Gasteiger partial charge in [-0.05, 0) is 37.0 Å². The van der Waals surface area contributed by atoms with Crippen molar-refractivity contribution >= 4 is 23.6 Å². The second-order valence-corrected chi connectivity index (χ2v) is 7.33. The maximum atomic E-state index is 12.5. The zero-order valence-corrected chi connectivity index (χ0v) is 15.4. The number of benzene rings is 1. The summed E-state index contributed by atoms with van der Waals surface area (Å²) in [7, 11) is 3.21. The summed E-state index contributed by atoms with van der Waals surface area (Å²) >= 11 is 1.64. The van der Waals surface area contributed by atoms with Crippen LogP contribution in [0.1, 0.15) is 18.4 Å². The molecule has 0 unspecified atom stereocenters. The van der Waals surface area contributed by atoms with Gasteiger partial charge in [-0.15, -0.1) is 11.8 Å². The monoisotopic (exact) mass is 364 g/mol. The number of ether oxygens (including phenoxy) is 2. The van der Waals surface area contributed by atoms with Crippen LogP contribution in [0.2, 0.25) is 0 Å². The quantitative estimate of drug-likeness (QED) is 0.797. The van der Waals surface area contributed by atoms with Gasteiger partial charge in [0, 0.05) is 18.2 Å². The van der Waals surface area contributed by atoms with Gasteiger partial charge in [-0.25, -0.2) is 0 Å². The fourth-order valence-electron chi connectivity index (χ4n) is 2.93. The van der Waals surface area contributed by atoms with Gasteiger partial charge in [0.15, 0.2) is 11.5 Å². The summed E-state index contributed by atoms with van der Waals surface area (Å²) in [6, 6.07) is 5.41. The fourth-order valence-corrected chi connectivity index (χ4v) is 4.09. The smallest absolute Gasteiger partial charge is 0.243 e. The van der Waals surface area contributed by atoms with Gasteiger partial charge >= 0.3 is 0 Å². The molecule has 25 heavy (non-hydrogen) atoms. The van der Waals surface area contributed by atoms with E-state index in [-0.39, 0.29) is 23.8 Å². The molecular weight excluding hydrogens is 340 g/mol. The van der Waals surface area contributed by atoms with Crippen LogP contribution >= 0.6 is 11.8 Å². The minimum atomic E-state index is -0.330. The minimum Gasteiger partial charge on any atom is -0.493 e. The van der Waals surface area contributed by atoms with Crippen molar-refractivity contribution in [2.75, 3.05) is 32.4 Å². The van der Waals surface area contributed by atoms with E-state index in [0.29, 0.717) is 36.1 Å². The van der Waals surface area contributed by atoms with Crippen molar-refractivity contribution in [3.8, 4) is 11.5 Å². The molecule has 6 nitrogen and oxygen atoms in total. The molecule has 1 N–H and O–H groups in total. The third-order valence-corrected chi connectivity index (χ3v) is 5.57. The van der Waals surface area contributed by atoms with E-state index in [2.05, 4.69) is 5.32 Å². The van der Waals surface area contributed by atoms with E-state index in [9.17, 15) is 9.59 Å². The number of nitrogens with one attached hydrogen (secondary N) is 1. The highest BCUT2D eigenvalue weighted by atomic mass is 32.2. The van der Waals surface area contributed by atoms with Crippen LogP contribution in [0, 0.1) is 5.92 Å². The van der Waals surface area contributed by atoms with Crippen molar-refractivity contribution in [1.82, 2.24) is 10.2 Å². The molecule has 1 atom stereocenters. The first kappa shape index (κ1) is 17.9. The predicted molar refractivity (Wildman–Crippen MR) is 96.9 cm³/mol. The van der Waals surface area contributed by atoms with Crippen molar-refractivity contribution in [2.45, 2.75) is 25.3 Å². The summed E-state index contributed by atoms with van der Waals surface area (Å²) in [5.74, 6) is 2.92. The van der Waals surface area contributed by atoms with Crippen molar-refractivity contribution in [2.24, 2.45) is 5.92 Å². The molecule has 1 aromatic carbocycles. The lowest BCUT2D eigenvalue weighted by Gasteiger charge is -2.23. The molecule has 2 fully saturated rings. The first-order chi connectivity index (χ1) is 12.1. The summed E-state index contributed by atoms with van der Waals surface area (Å²) in [6.45, 7) is 0.529. The van der Waals surface area contributed by atoms with Crippen molar-refractivity contribution < 1.29 is 19.1 Å². The van der Waals surface area contributed by atoms with Crippen LogP contribution in [0.3, 0.4) is 0 Å². The van der Waals surface area contributed by atoms with Gasteiger partial charge in [-0.3, -0.25) is 9.59 Å². The highest BCUT2D eigenvalue weighted by Gasteiger charge is 2.41. The van der Waals surface area contributed by atoms with E-state index in [1.54, 1.807) is 30.9 Å². The Morgan fingerprint density at radius 3 is 2.68 bits per heavy atom. The molecule has 1 saturated carbocycles. The summed E-state index contributed by atoms with van der Waals surface area (Å²) < 4.78 is 10.5. The Morgan fingerprint density at radius 2 is 2.00 bits per heavy atom. The van der Waals surface area contributed by atoms with Crippen molar-refractivity contribution in [3.05, 3.63) is 23.8 Å². The van der Waals surface area contributed by atoms with Gasteiger partial charge in [0.2, 0.25) is 11.8 Å². The number of carbonyl (C=O) groups is 2. The van der Waals surface area contributed by atoms with Crippen molar-refractivity contribution in [3.63, 3.8) is 0 Å². The lowest BCUT2D eigenvalue weighted by molar-refractivity contribution is -0.138. The van der Waals surface area contributed by atoms with E-state index in [1.165, 1.54) is 0 Å². The third-order valence-electron chi connectivity index (χ3n) is 4.56. The normalized spacial score (nSPS) is 19.6. The molecule has 1 aliphatic heterocycles. The maximum absolute atomic E-state index is 12.5. The molecule has 0 radical (unpaired) electrons. The van der Waals surface area contributed by atoms with E-state index >= 15 is 0 Å². The molecule has 1 aliphatic carbocycles. The van der Waals surface area contributed by atoms with E-state index in [1.807, 2.05) is 18.2 Å². The second-order valence-electron chi connectivity index (χ2n) is 6.33. The molecule has 1 aromatic rings. The first-order valence-electron chi connectivity index (χ1n) is 8.51. The third kappa shape index (κ3) is 4.21. The number of carbonyl (C=O) groups excluding carboxylic acids is 2. The zero-order chi connectivity index (χ0) is 17.8. The SMILES string of the molecule is COc1ccc(CCNC(=O)[C@H]2CSCN2C(=O)C2CC2)cc1OC. The number of thioether (sulfide) groups is 1. The molecule has 2 amide bonds. The van der Waals surface area contributed by atoms with Crippen LogP contribution in [0.25, 0.3) is 0 Å². The molecular formula is C18H24N2O4S. The Kier molecular flexibility index (Phi) is 5.73. The largest absolute Gasteiger partial charge is 0.493 e. The number of hydrogen-bond donors (Lipinski definition) is 1. The lowest BCUT2D eigenvalue weighted by Crippen LogP contribution is -2.48. The molecule has 0 spiro atoms. The highest BCUT2D eigenvalue weighted by molar-refractivity contribution is 7.99. The fraction of sp³-hybridized carbons (Fsp3) is 0.556. The Labute approximate surface area is 152 Å². The van der Waals surface area contributed by atoms with Crippen LogP contribution in [-0.2, 0) is 16.0 Å². The highest BCUT2D eigenvalue weighted by Crippen LogP contribution is 2.34. The molecule has 0 aromatic heterocycles. The van der Waals surface area contributed by atoms with E-state index in [0.717, 1.165) is 18.4 Å². The van der Waals surface area contributed by atoms with Crippen LogP contribution in [0.4, 0.5) is 0 Å². The average Bonchev–Trinajstić information content (AvgIpc) is 3.37. The summed E-state index contributed by atoms with van der Waals surface area (Å²) in [5, 5.41) is 2.97. The summed E-state index contributed by atoms with van der Waals surface area (Å²) in [4.78, 5) is 26.5. The average molecular weight is 364 g/mol. The topological polar surface area (TPSA) is 67.9 Å². The molecule has 136 valence electrons. The van der Waals surface area contributed by atoms with Gasteiger partial charge in [0.05, 0.1) is 20.1 Å². The number of hydrogen-bond acceptors (Lipinski definition) is 5. The number of methoxy groups -OCH3 is 2. The standard InChI is InChI=1S/C18H24N2O4S/c1-23-15-6-3-12(9-16(15)24-2)7-8-19-17(21)14-10-25-11-20(14)18(22)13-4-5-13/h3,6,9,13-14H,4-5,7-8,10-11H2,1-2H3,(H,19,21)/t14-/m1/s1. The van der Waals surface area contributed by atoms with Crippen LogP contribution < -0.4 is 14.8 Å². The summed E-state index contributed by atoms with van der Waals surface area (Å²) in [5.41, 5.74) is 1.06. The molecule has 3 rings (SSSR count). The second kappa shape index (κ2) is 7.99. The van der Waals surface area contributed by atoms with Gasteiger partial charge in [0.1, 0.15) is 6.04 Å². The Balaban J connectivity index is 1.51. The van der Waals surface area contributed by atoms with E-state index in [4.69, 9.17) is 9.47 Å². The Morgan fingerprint density at radius 1 is 1.24 bits per heavy atom. The first-order valence-corrected chi connectivity index (χ1v) is 9.66. The van der Waals surface area contributed by atoms with Crippen LogP contribution in [0.5, 0.6) is 11.5 Å². The van der Waals surface area contributed by atoms with E-state index < -0.39 is 0 Å².